The van der Waals surface area contributed by atoms with E-state index in [1.165, 1.54) is 250 Å². The van der Waals surface area contributed by atoms with Crippen molar-refractivity contribution in [1.82, 2.24) is 0 Å². The predicted molar refractivity (Wildman–Crippen MR) is 335 cm³/mol. The predicted octanol–water partition coefficient (Wildman–Crippen LogP) is 23.6. The van der Waals surface area contributed by atoms with E-state index in [0.29, 0.717) is 19.3 Å². The third-order valence-electron chi connectivity index (χ3n) is 15.6. The van der Waals surface area contributed by atoms with Crippen LogP contribution in [0.3, 0.4) is 0 Å². The second-order valence-electron chi connectivity index (χ2n) is 23.4. The fraction of sp³-hybridized carbons (Fsp3) is 0.873. The molecule has 452 valence electrons. The van der Waals surface area contributed by atoms with Gasteiger partial charge in [-0.05, 0) is 70.6 Å². The first kappa shape index (κ1) is 74.6. The number of ether oxygens (including phenoxy) is 3. The molecule has 0 aliphatic rings. The molecule has 0 saturated heterocycles. The Labute approximate surface area is 480 Å². The van der Waals surface area contributed by atoms with Gasteiger partial charge in [0.15, 0.2) is 6.10 Å². The maximum absolute atomic E-state index is 12.9. The maximum Gasteiger partial charge on any atom is 0.306 e. The molecular weight excluding hydrogens is 949 g/mol. The molecule has 0 fully saturated rings. The molecule has 0 bridgehead atoms. The van der Waals surface area contributed by atoms with Gasteiger partial charge < -0.3 is 14.2 Å². The molecule has 0 amide bonds. The van der Waals surface area contributed by atoms with Crippen LogP contribution in [0.4, 0.5) is 0 Å². The molecule has 0 rings (SSSR count). The molecule has 1 atom stereocenters. The van der Waals surface area contributed by atoms with Gasteiger partial charge in [0.2, 0.25) is 0 Å². The molecule has 6 nitrogen and oxygen atoms in total. The first-order valence-electron chi connectivity index (χ1n) is 34.5. The van der Waals surface area contributed by atoms with Crippen LogP contribution in [0, 0.1) is 0 Å². The highest BCUT2D eigenvalue weighted by Crippen LogP contribution is 2.18. The average molecular weight is 1080 g/mol. The minimum Gasteiger partial charge on any atom is -0.462 e. The molecule has 77 heavy (non-hydrogen) atoms. The van der Waals surface area contributed by atoms with Crippen LogP contribution in [0.15, 0.2) is 36.5 Å². The number of esters is 3. The van der Waals surface area contributed by atoms with Crippen molar-refractivity contribution in [2.45, 2.75) is 386 Å². The zero-order valence-electron chi connectivity index (χ0n) is 52.0. The van der Waals surface area contributed by atoms with Crippen molar-refractivity contribution in [3.05, 3.63) is 36.5 Å². The summed E-state index contributed by atoms with van der Waals surface area (Å²) in [6.07, 6.45) is 81.9. The van der Waals surface area contributed by atoms with Crippen LogP contribution in [-0.4, -0.2) is 37.2 Å². The van der Waals surface area contributed by atoms with Crippen LogP contribution in [0.25, 0.3) is 0 Å². The SMILES string of the molecule is CCC/C=C\C/C=C\CCCCCCCC(=O)OCC(COC(=O)CCCCCCCCCCCCCCCCCCCCCCCCCCCCCCCC)OC(=O)CCCCCCC/C=C\CCCCCCCCC. The number of hydrogen-bond acceptors (Lipinski definition) is 6. The highest BCUT2D eigenvalue weighted by Gasteiger charge is 2.19. The average Bonchev–Trinajstić information content (AvgIpc) is 3.43. The van der Waals surface area contributed by atoms with Gasteiger partial charge in [0.1, 0.15) is 13.2 Å². The largest absolute Gasteiger partial charge is 0.462 e. The summed E-state index contributed by atoms with van der Waals surface area (Å²) < 4.78 is 16.9. The van der Waals surface area contributed by atoms with E-state index in [4.69, 9.17) is 14.2 Å². The zero-order chi connectivity index (χ0) is 55.7. The molecule has 0 aliphatic heterocycles. The Morgan fingerprint density at radius 1 is 0.260 bits per heavy atom. The Hall–Kier alpha value is -2.37. The number of unbranched alkanes of at least 4 members (excludes halogenated alkanes) is 47. The fourth-order valence-electron chi connectivity index (χ4n) is 10.4. The van der Waals surface area contributed by atoms with Crippen molar-refractivity contribution in [1.29, 1.82) is 0 Å². The molecule has 0 aromatic heterocycles. The summed E-state index contributed by atoms with van der Waals surface area (Å²) in [6, 6.07) is 0. The molecule has 0 radical (unpaired) electrons. The normalized spacial score (nSPS) is 12.2. The number of carbonyl (C=O) groups is 3. The lowest BCUT2D eigenvalue weighted by Crippen LogP contribution is -2.30. The van der Waals surface area contributed by atoms with Crippen molar-refractivity contribution >= 4 is 17.9 Å². The lowest BCUT2D eigenvalue weighted by atomic mass is 10.0. The van der Waals surface area contributed by atoms with Gasteiger partial charge in [-0.25, -0.2) is 0 Å². The number of carbonyl (C=O) groups excluding carboxylic acids is 3. The number of allylic oxidation sites excluding steroid dienone is 6. The van der Waals surface area contributed by atoms with Gasteiger partial charge in [-0.3, -0.25) is 14.4 Å². The van der Waals surface area contributed by atoms with Gasteiger partial charge in [-0.2, -0.15) is 0 Å². The summed E-state index contributed by atoms with van der Waals surface area (Å²) in [5.74, 6) is -0.876. The van der Waals surface area contributed by atoms with Crippen molar-refractivity contribution in [2.75, 3.05) is 13.2 Å². The maximum atomic E-state index is 12.9. The Morgan fingerprint density at radius 3 is 0.779 bits per heavy atom. The molecular formula is C71H132O6. The first-order chi connectivity index (χ1) is 38.0. The Balaban J connectivity index is 4.14. The Bertz CT molecular complexity index is 1290. The van der Waals surface area contributed by atoms with E-state index in [1.54, 1.807) is 0 Å². The monoisotopic (exact) mass is 1080 g/mol. The van der Waals surface area contributed by atoms with Crippen LogP contribution in [0.2, 0.25) is 0 Å². The lowest BCUT2D eigenvalue weighted by Gasteiger charge is -2.18. The molecule has 6 heteroatoms. The molecule has 0 spiro atoms. The van der Waals surface area contributed by atoms with Gasteiger partial charge in [-0.1, -0.05) is 327 Å². The zero-order valence-corrected chi connectivity index (χ0v) is 52.0. The van der Waals surface area contributed by atoms with E-state index in [2.05, 4.69) is 57.2 Å². The lowest BCUT2D eigenvalue weighted by molar-refractivity contribution is -0.167. The van der Waals surface area contributed by atoms with Gasteiger partial charge >= 0.3 is 17.9 Å². The summed E-state index contributed by atoms with van der Waals surface area (Å²) in [7, 11) is 0. The van der Waals surface area contributed by atoms with E-state index in [-0.39, 0.29) is 31.1 Å². The highest BCUT2D eigenvalue weighted by molar-refractivity contribution is 5.71. The molecule has 1 unspecified atom stereocenters. The molecule has 0 aliphatic carbocycles. The number of rotatable bonds is 64. The van der Waals surface area contributed by atoms with E-state index in [0.717, 1.165) is 89.9 Å². The van der Waals surface area contributed by atoms with Crippen molar-refractivity contribution in [2.24, 2.45) is 0 Å². The van der Waals surface area contributed by atoms with Gasteiger partial charge in [0.05, 0.1) is 0 Å². The summed E-state index contributed by atoms with van der Waals surface area (Å²) >= 11 is 0. The van der Waals surface area contributed by atoms with E-state index in [9.17, 15) is 14.4 Å². The minimum atomic E-state index is -0.781. The molecule has 0 aromatic rings. The van der Waals surface area contributed by atoms with Crippen LogP contribution < -0.4 is 0 Å². The molecule has 0 aromatic carbocycles. The van der Waals surface area contributed by atoms with Crippen LogP contribution in [-0.2, 0) is 28.6 Å². The third-order valence-corrected chi connectivity index (χ3v) is 15.6. The van der Waals surface area contributed by atoms with Crippen molar-refractivity contribution in [3.8, 4) is 0 Å². The summed E-state index contributed by atoms with van der Waals surface area (Å²) in [5, 5.41) is 0. The number of hydrogen-bond donors (Lipinski definition) is 0. The Kier molecular flexibility index (Phi) is 64.1. The van der Waals surface area contributed by atoms with Crippen molar-refractivity contribution < 1.29 is 28.6 Å². The quantitative estimate of drug-likeness (QED) is 0.0261. The van der Waals surface area contributed by atoms with Crippen molar-refractivity contribution in [3.63, 3.8) is 0 Å². The smallest absolute Gasteiger partial charge is 0.306 e. The van der Waals surface area contributed by atoms with Gasteiger partial charge in [0.25, 0.3) is 0 Å². The van der Waals surface area contributed by atoms with E-state index in [1.807, 2.05) is 0 Å². The summed E-state index contributed by atoms with van der Waals surface area (Å²) in [4.78, 5) is 38.3. The summed E-state index contributed by atoms with van der Waals surface area (Å²) in [6.45, 7) is 6.62. The third kappa shape index (κ3) is 64.3. The van der Waals surface area contributed by atoms with Crippen LogP contribution in [0.5, 0.6) is 0 Å². The van der Waals surface area contributed by atoms with E-state index >= 15 is 0 Å². The van der Waals surface area contributed by atoms with Gasteiger partial charge in [-0.15, -0.1) is 0 Å². The first-order valence-corrected chi connectivity index (χ1v) is 34.5. The second kappa shape index (κ2) is 66.1. The standard InChI is InChI=1S/C71H132O6/c1-4-7-10-13-16-19-22-25-27-29-30-31-32-33-34-35-36-37-38-39-40-41-42-44-46-49-52-55-58-61-64-70(73)76-67-68(66-75-69(72)63-60-57-54-51-48-45-24-21-18-15-12-9-6-3)77-71(74)65-62-59-56-53-50-47-43-28-26-23-20-17-14-11-8-5-2/h12,15,21,24,28,43,68H,4-11,13-14,16-20,22-23,25-27,29-42,44-67H2,1-3H3/b15-12-,24-21-,43-28-. The van der Waals surface area contributed by atoms with Crippen LogP contribution in [0.1, 0.15) is 380 Å². The second-order valence-corrected chi connectivity index (χ2v) is 23.4. The van der Waals surface area contributed by atoms with Gasteiger partial charge in [0, 0.05) is 19.3 Å². The highest BCUT2D eigenvalue weighted by atomic mass is 16.6. The molecule has 0 heterocycles. The fourth-order valence-corrected chi connectivity index (χ4v) is 10.4. The summed E-state index contributed by atoms with van der Waals surface area (Å²) in [5.41, 5.74) is 0. The topological polar surface area (TPSA) is 78.9 Å². The van der Waals surface area contributed by atoms with E-state index < -0.39 is 6.10 Å². The minimum absolute atomic E-state index is 0.0760. The molecule has 0 N–H and O–H groups in total. The molecule has 0 saturated carbocycles. The Morgan fingerprint density at radius 2 is 0.494 bits per heavy atom. The van der Waals surface area contributed by atoms with Crippen LogP contribution >= 0.6 is 0 Å².